The molecule has 3 aromatic heterocycles. The number of alkyl halides is 2. The molecule has 3 heterocycles. The van der Waals surface area contributed by atoms with Crippen LogP contribution in [0.3, 0.4) is 0 Å². The number of carbonyl (C=O) groups is 1. The normalized spacial score (nSPS) is 24.2. The van der Waals surface area contributed by atoms with Crippen molar-refractivity contribution in [2.45, 2.75) is 76.5 Å². The molecule has 1 atom stereocenters. The average molecular weight is 552 g/mol. The van der Waals surface area contributed by atoms with E-state index in [-0.39, 0.29) is 41.3 Å². The highest BCUT2D eigenvalue weighted by Gasteiger charge is 2.40. The molecule has 0 aliphatic heterocycles. The van der Waals surface area contributed by atoms with Gasteiger partial charge in [0.2, 0.25) is 0 Å². The lowest BCUT2D eigenvalue weighted by molar-refractivity contribution is -0.161. The van der Waals surface area contributed by atoms with Crippen LogP contribution in [0.2, 0.25) is 0 Å². The lowest BCUT2D eigenvalue weighted by Crippen LogP contribution is -2.44. The predicted molar refractivity (Wildman–Crippen MR) is 147 cm³/mol. The number of rotatable bonds is 8. The van der Waals surface area contributed by atoms with Crippen LogP contribution in [0.15, 0.2) is 48.8 Å². The molecule has 2 aliphatic carbocycles. The molecule has 8 nitrogen and oxygen atoms in total. The van der Waals surface area contributed by atoms with E-state index in [1.165, 1.54) is 18.3 Å². The number of nitrogens with one attached hydrogen (secondary N) is 1. The van der Waals surface area contributed by atoms with E-state index in [1.54, 1.807) is 25.3 Å². The van der Waals surface area contributed by atoms with Crippen molar-refractivity contribution in [1.82, 2.24) is 15.0 Å². The number of ether oxygens (including phenoxy) is 1. The highest BCUT2D eigenvalue weighted by Crippen LogP contribution is 2.41. The number of pyridine rings is 3. The van der Waals surface area contributed by atoms with E-state index in [0.717, 1.165) is 24.0 Å². The summed E-state index contributed by atoms with van der Waals surface area (Å²) >= 11 is 0. The largest absolute Gasteiger partial charge is 0.462 e. The smallest absolute Gasteiger partial charge is 0.309 e. The number of hydrogen-bond acceptors (Lipinski definition) is 8. The molecule has 0 aromatic carbocycles. The topological polar surface area (TPSA) is 123 Å². The molecule has 5 rings (SSSR count). The van der Waals surface area contributed by atoms with E-state index in [2.05, 4.69) is 20.3 Å². The van der Waals surface area contributed by atoms with Crippen LogP contribution in [0.4, 0.5) is 20.4 Å². The molecule has 2 saturated carbocycles. The molecule has 0 radical (unpaired) electrons. The molecule has 4 N–H and O–H groups in total. The number of aryl methyl sites for hydroxylation is 1. The van der Waals surface area contributed by atoms with Crippen molar-refractivity contribution < 1.29 is 23.4 Å². The maximum atomic E-state index is 13.1. The number of halogens is 2. The minimum Gasteiger partial charge on any atom is -0.462 e. The fourth-order valence-electron chi connectivity index (χ4n) is 5.57. The number of nitrogens with zero attached hydrogens (tertiary/aromatic N) is 3. The third-order valence-corrected chi connectivity index (χ3v) is 8.11. The van der Waals surface area contributed by atoms with Crippen molar-refractivity contribution in [2.75, 3.05) is 5.32 Å². The summed E-state index contributed by atoms with van der Waals surface area (Å²) in [6, 6.07) is 10.1. The second-order valence-corrected chi connectivity index (χ2v) is 11.2. The minimum absolute atomic E-state index is 0.0311. The van der Waals surface area contributed by atoms with Gasteiger partial charge in [0.25, 0.3) is 6.43 Å². The standard InChI is InChI=1S/C30H35F2N5O3/c1-17-11-24(36-27(12-17)37-26-13-19(28(31)32)9-10-34-26)20-5-8-25(35-16-20)30(2,39)21-6-3-18(4-7-21)29(38)40-23-14-22(33)15-23/h5,8-13,16,18,21-23,28,39H,3-4,6-7,14-15,33H2,1-2H3,(H,34,36,37)/t18?,21?,22?,23?,30-/m1/s1. The Morgan fingerprint density at radius 2 is 1.85 bits per heavy atom. The van der Waals surface area contributed by atoms with Crippen molar-refractivity contribution in [3.8, 4) is 11.3 Å². The van der Waals surface area contributed by atoms with Crippen LogP contribution in [-0.4, -0.2) is 38.2 Å². The SMILES string of the molecule is Cc1cc(Nc2cc(C(F)F)ccn2)nc(-c2ccc([C@](C)(O)C3CCC(C(=O)OC4CC(N)C4)CC3)nc2)c1. The zero-order valence-corrected chi connectivity index (χ0v) is 22.7. The summed E-state index contributed by atoms with van der Waals surface area (Å²) in [5.41, 5.74) is 7.40. The van der Waals surface area contributed by atoms with Crippen molar-refractivity contribution in [3.05, 3.63) is 65.6 Å². The van der Waals surface area contributed by atoms with Crippen molar-refractivity contribution in [1.29, 1.82) is 0 Å². The summed E-state index contributed by atoms with van der Waals surface area (Å²) in [6.45, 7) is 3.70. The van der Waals surface area contributed by atoms with Gasteiger partial charge in [-0.2, -0.15) is 0 Å². The summed E-state index contributed by atoms with van der Waals surface area (Å²) in [5, 5.41) is 14.5. The Balaban J connectivity index is 1.23. The number of nitrogens with two attached hydrogens (primary N) is 1. The Kier molecular flexibility index (Phi) is 8.09. The second-order valence-electron chi connectivity index (χ2n) is 11.2. The van der Waals surface area contributed by atoms with Gasteiger partial charge in [-0.3, -0.25) is 9.78 Å². The molecule has 10 heteroatoms. The zero-order valence-electron chi connectivity index (χ0n) is 22.7. The van der Waals surface area contributed by atoms with Gasteiger partial charge in [-0.15, -0.1) is 0 Å². The summed E-state index contributed by atoms with van der Waals surface area (Å²) in [7, 11) is 0. The first-order chi connectivity index (χ1) is 19.1. The van der Waals surface area contributed by atoms with E-state index >= 15 is 0 Å². The molecular weight excluding hydrogens is 516 g/mol. The van der Waals surface area contributed by atoms with Crippen LogP contribution in [0.1, 0.15) is 68.7 Å². The first-order valence-corrected chi connectivity index (χ1v) is 13.7. The van der Waals surface area contributed by atoms with Crippen LogP contribution in [-0.2, 0) is 15.1 Å². The van der Waals surface area contributed by atoms with Gasteiger partial charge in [-0.25, -0.2) is 18.7 Å². The third kappa shape index (κ3) is 6.28. The number of carbonyl (C=O) groups excluding carboxylic acids is 1. The van der Waals surface area contributed by atoms with Gasteiger partial charge in [0.1, 0.15) is 23.3 Å². The molecule has 2 aliphatic rings. The van der Waals surface area contributed by atoms with Crippen LogP contribution in [0.25, 0.3) is 11.3 Å². The molecule has 0 saturated heterocycles. The Labute approximate surface area is 232 Å². The minimum atomic E-state index is -2.59. The Hall–Kier alpha value is -3.50. The Morgan fingerprint density at radius 1 is 1.10 bits per heavy atom. The van der Waals surface area contributed by atoms with Gasteiger partial charge in [0.05, 0.1) is 17.3 Å². The maximum Gasteiger partial charge on any atom is 0.309 e. The van der Waals surface area contributed by atoms with Gasteiger partial charge in [-0.1, -0.05) is 0 Å². The summed E-state index contributed by atoms with van der Waals surface area (Å²) < 4.78 is 31.7. The van der Waals surface area contributed by atoms with Crippen LogP contribution in [0.5, 0.6) is 0 Å². The van der Waals surface area contributed by atoms with E-state index < -0.39 is 12.0 Å². The van der Waals surface area contributed by atoms with Gasteiger partial charge in [-0.05, 0) is 100 Å². The van der Waals surface area contributed by atoms with Crippen LogP contribution < -0.4 is 11.1 Å². The Morgan fingerprint density at radius 3 is 2.50 bits per heavy atom. The molecular formula is C30H35F2N5O3. The van der Waals surface area contributed by atoms with Gasteiger partial charge < -0.3 is 20.9 Å². The van der Waals surface area contributed by atoms with Gasteiger partial charge in [0.15, 0.2) is 0 Å². The fraction of sp³-hybridized carbons (Fsp3) is 0.467. The second kappa shape index (κ2) is 11.5. The molecule has 3 aromatic rings. The highest BCUT2D eigenvalue weighted by atomic mass is 19.3. The monoisotopic (exact) mass is 551 g/mol. The maximum absolute atomic E-state index is 13.1. The Bertz CT molecular complexity index is 1340. The van der Waals surface area contributed by atoms with Crippen molar-refractivity contribution >= 4 is 17.6 Å². The zero-order chi connectivity index (χ0) is 28.4. The lowest BCUT2D eigenvalue weighted by Gasteiger charge is -2.38. The van der Waals surface area contributed by atoms with E-state index in [1.807, 2.05) is 19.1 Å². The summed E-state index contributed by atoms with van der Waals surface area (Å²) in [6.07, 6.45) is 4.60. The van der Waals surface area contributed by atoms with Gasteiger partial charge >= 0.3 is 5.97 Å². The van der Waals surface area contributed by atoms with E-state index in [4.69, 9.17) is 10.5 Å². The van der Waals surface area contributed by atoms with Crippen molar-refractivity contribution in [2.24, 2.45) is 17.6 Å². The highest BCUT2D eigenvalue weighted by molar-refractivity contribution is 5.72. The summed E-state index contributed by atoms with van der Waals surface area (Å²) in [4.78, 5) is 25.8. The third-order valence-electron chi connectivity index (χ3n) is 8.11. The molecule has 0 amide bonds. The molecule has 2 fully saturated rings. The number of aromatic nitrogens is 3. The fourth-order valence-corrected chi connectivity index (χ4v) is 5.57. The molecule has 0 unspecified atom stereocenters. The average Bonchev–Trinajstić information content (AvgIpc) is 2.92. The van der Waals surface area contributed by atoms with Crippen LogP contribution >= 0.6 is 0 Å². The van der Waals surface area contributed by atoms with Crippen molar-refractivity contribution in [3.63, 3.8) is 0 Å². The quantitative estimate of drug-likeness (QED) is 0.310. The van der Waals surface area contributed by atoms with E-state index in [9.17, 15) is 18.7 Å². The molecule has 212 valence electrons. The lowest BCUT2D eigenvalue weighted by atomic mass is 9.72. The molecule has 40 heavy (non-hydrogen) atoms. The number of esters is 1. The number of hydrogen-bond donors (Lipinski definition) is 3. The number of anilines is 2. The molecule has 0 spiro atoms. The number of aliphatic hydroxyl groups is 1. The molecule has 0 bridgehead atoms. The van der Waals surface area contributed by atoms with E-state index in [0.29, 0.717) is 42.9 Å². The predicted octanol–water partition coefficient (Wildman–Crippen LogP) is 5.58. The van der Waals surface area contributed by atoms with Crippen LogP contribution in [0, 0.1) is 18.8 Å². The summed E-state index contributed by atoms with van der Waals surface area (Å²) in [5.74, 6) is 0.440. The first kappa shape index (κ1) is 28.0. The first-order valence-electron chi connectivity index (χ1n) is 13.7. The van der Waals surface area contributed by atoms with Gasteiger partial charge in [0, 0.05) is 29.6 Å².